The summed E-state index contributed by atoms with van der Waals surface area (Å²) in [5, 5.41) is 2.28. The molecule has 6 nitrogen and oxygen atoms in total. The fraction of sp³-hybridized carbons (Fsp3) is 0.208. The standard InChI is InChI=1S/C24H18F7N5O/c1-35(2)21-18(24(29,30)31)9-17(11-33-21)34-22(37)19-8-14-7-15(23(26,27)28)10-32-20(14)36(19)12-13-4-3-5-16(25)6-13/h3-11H,12H2,1-2H3,(H,34,37). The van der Waals surface area contributed by atoms with Crippen LogP contribution in [0.25, 0.3) is 11.0 Å². The molecule has 0 aliphatic heterocycles. The van der Waals surface area contributed by atoms with Gasteiger partial charge in [0, 0.05) is 32.2 Å². The maximum Gasteiger partial charge on any atom is 0.420 e. The lowest BCUT2D eigenvalue weighted by atomic mass is 10.2. The first-order valence-corrected chi connectivity index (χ1v) is 10.6. The summed E-state index contributed by atoms with van der Waals surface area (Å²) in [4.78, 5) is 21.9. The van der Waals surface area contributed by atoms with E-state index in [2.05, 4.69) is 15.3 Å². The second-order valence-corrected chi connectivity index (χ2v) is 8.32. The van der Waals surface area contributed by atoms with Gasteiger partial charge < -0.3 is 14.8 Å². The number of rotatable bonds is 5. The number of hydrogen-bond acceptors (Lipinski definition) is 4. The number of benzene rings is 1. The van der Waals surface area contributed by atoms with Crippen LogP contribution >= 0.6 is 0 Å². The van der Waals surface area contributed by atoms with Crippen LogP contribution in [0.15, 0.2) is 54.9 Å². The summed E-state index contributed by atoms with van der Waals surface area (Å²) in [7, 11) is 2.76. The van der Waals surface area contributed by atoms with Gasteiger partial charge >= 0.3 is 12.4 Å². The molecule has 0 radical (unpaired) electrons. The molecule has 4 rings (SSSR count). The summed E-state index contributed by atoms with van der Waals surface area (Å²) in [6.07, 6.45) is -7.83. The van der Waals surface area contributed by atoms with Crippen LogP contribution in [0.2, 0.25) is 0 Å². The van der Waals surface area contributed by atoms with Crippen molar-refractivity contribution in [3.8, 4) is 0 Å². The number of pyridine rings is 2. The maximum atomic E-state index is 13.7. The van der Waals surface area contributed by atoms with Crippen molar-refractivity contribution in [2.24, 2.45) is 0 Å². The fourth-order valence-electron chi connectivity index (χ4n) is 3.75. The van der Waals surface area contributed by atoms with E-state index in [4.69, 9.17) is 0 Å². The Morgan fingerprint density at radius 2 is 1.70 bits per heavy atom. The molecule has 37 heavy (non-hydrogen) atoms. The van der Waals surface area contributed by atoms with E-state index in [1.165, 1.54) is 36.9 Å². The van der Waals surface area contributed by atoms with Crippen molar-refractivity contribution >= 4 is 28.4 Å². The van der Waals surface area contributed by atoms with Crippen LogP contribution in [-0.4, -0.2) is 34.5 Å². The first-order chi connectivity index (χ1) is 17.2. The molecule has 1 aromatic carbocycles. The van der Waals surface area contributed by atoms with Crippen molar-refractivity contribution in [2.45, 2.75) is 18.9 Å². The summed E-state index contributed by atoms with van der Waals surface area (Å²) in [5.41, 5.74) is -2.24. The van der Waals surface area contributed by atoms with Gasteiger partial charge in [0.25, 0.3) is 5.91 Å². The van der Waals surface area contributed by atoms with Crippen LogP contribution in [-0.2, 0) is 18.9 Å². The number of anilines is 2. The average Bonchev–Trinajstić information content (AvgIpc) is 3.15. The Bertz CT molecular complexity index is 1470. The number of carbonyl (C=O) groups excluding carboxylic acids is 1. The molecule has 0 saturated heterocycles. The lowest BCUT2D eigenvalue weighted by Gasteiger charge is -2.19. The SMILES string of the molecule is CN(C)c1ncc(NC(=O)c2cc3cc(C(F)(F)F)cnc3n2Cc2cccc(F)c2)cc1C(F)(F)F. The molecule has 0 bridgehead atoms. The fourth-order valence-corrected chi connectivity index (χ4v) is 3.75. The topological polar surface area (TPSA) is 63.1 Å². The van der Waals surface area contributed by atoms with Crippen LogP contribution in [0.4, 0.5) is 42.2 Å². The lowest BCUT2D eigenvalue weighted by Crippen LogP contribution is -2.21. The molecule has 13 heteroatoms. The van der Waals surface area contributed by atoms with Crippen LogP contribution in [0, 0.1) is 5.82 Å². The molecule has 194 valence electrons. The summed E-state index contributed by atoms with van der Waals surface area (Å²) in [6.45, 7) is -0.145. The molecule has 0 aliphatic rings. The van der Waals surface area contributed by atoms with Crippen LogP contribution in [0.1, 0.15) is 27.2 Å². The maximum absolute atomic E-state index is 13.7. The summed E-state index contributed by atoms with van der Waals surface area (Å²) >= 11 is 0. The molecule has 4 aromatic rings. The zero-order valence-corrected chi connectivity index (χ0v) is 19.2. The van der Waals surface area contributed by atoms with Crippen molar-refractivity contribution in [2.75, 3.05) is 24.3 Å². The van der Waals surface area contributed by atoms with E-state index in [0.717, 1.165) is 23.2 Å². The van der Waals surface area contributed by atoms with Crippen LogP contribution < -0.4 is 10.2 Å². The van der Waals surface area contributed by atoms with Crippen molar-refractivity contribution < 1.29 is 35.5 Å². The van der Waals surface area contributed by atoms with Crippen LogP contribution in [0.5, 0.6) is 0 Å². The Morgan fingerprint density at radius 1 is 0.973 bits per heavy atom. The third kappa shape index (κ3) is 5.49. The Hall–Kier alpha value is -4.16. The van der Waals surface area contributed by atoms with Crippen molar-refractivity contribution in [1.29, 1.82) is 0 Å². The van der Waals surface area contributed by atoms with Gasteiger partial charge in [-0.05, 0) is 35.9 Å². The zero-order valence-electron chi connectivity index (χ0n) is 19.2. The van der Waals surface area contributed by atoms with Gasteiger partial charge in [-0.2, -0.15) is 26.3 Å². The van der Waals surface area contributed by atoms with Crippen molar-refractivity contribution in [3.05, 3.63) is 83.1 Å². The van der Waals surface area contributed by atoms with E-state index in [1.807, 2.05) is 0 Å². The highest BCUT2D eigenvalue weighted by Gasteiger charge is 2.36. The minimum absolute atomic E-state index is 0.000488. The average molecular weight is 525 g/mol. The van der Waals surface area contributed by atoms with Gasteiger partial charge in [-0.3, -0.25) is 4.79 Å². The number of nitrogens with zero attached hydrogens (tertiary/aromatic N) is 4. The predicted octanol–water partition coefficient (Wildman–Crippen LogP) is 5.97. The second-order valence-electron chi connectivity index (χ2n) is 8.32. The Labute approximate surface area is 205 Å². The first kappa shape index (κ1) is 25.9. The van der Waals surface area contributed by atoms with Gasteiger partial charge in [0.15, 0.2) is 0 Å². The molecular weight excluding hydrogens is 507 g/mol. The molecule has 3 aromatic heterocycles. The van der Waals surface area contributed by atoms with E-state index in [9.17, 15) is 35.5 Å². The Balaban J connectivity index is 1.78. The number of alkyl halides is 6. The van der Waals surface area contributed by atoms with Gasteiger partial charge in [0.2, 0.25) is 0 Å². The molecule has 0 fully saturated rings. The Morgan fingerprint density at radius 3 is 2.32 bits per heavy atom. The van der Waals surface area contributed by atoms with Gasteiger partial charge in [-0.1, -0.05) is 12.1 Å². The van der Waals surface area contributed by atoms with E-state index in [1.54, 1.807) is 6.07 Å². The number of aromatic nitrogens is 3. The monoisotopic (exact) mass is 525 g/mol. The number of hydrogen-bond donors (Lipinski definition) is 1. The molecule has 1 amide bonds. The Kier molecular flexibility index (Phi) is 6.57. The van der Waals surface area contributed by atoms with Crippen molar-refractivity contribution in [1.82, 2.24) is 14.5 Å². The minimum Gasteiger partial charge on any atom is -0.362 e. The lowest BCUT2D eigenvalue weighted by molar-refractivity contribution is -0.138. The van der Waals surface area contributed by atoms with E-state index >= 15 is 0 Å². The highest BCUT2D eigenvalue weighted by Crippen LogP contribution is 2.36. The van der Waals surface area contributed by atoms with E-state index in [0.29, 0.717) is 17.8 Å². The van der Waals surface area contributed by atoms with Crippen molar-refractivity contribution in [3.63, 3.8) is 0 Å². The highest BCUT2D eigenvalue weighted by molar-refractivity contribution is 6.06. The summed E-state index contributed by atoms with van der Waals surface area (Å²) in [6, 6.07) is 7.98. The summed E-state index contributed by atoms with van der Waals surface area (Å²) < 4.78 is 95.3. The number of nitrogens with one attached hydrogen (secondary N) is 1. The van der Waals surface area contributed by atoms with Gasteiger partial charge in [0.05, 0.1) is 17.4 Å². The third-order valence-corrected chi connectivity index (χ3v) is 5.38. The van der Waals surface area contributed by atoms with Gasteiger partial charge in [0.1, 0.15) is 28.5 Å². The largest absolute Gasteiger partial charge is 0.420 e. The number of amides is 1. The zero-order chi connectivity index (χ0) is 27.1. The molecule has 0 spiro atoms. The molecule has 1 N–H and O–H groups in total. The quantitative estimate of drug-likeness (QED) is 0.326. The number of carbonyl (C=O) groups is 1. The molecule has 3 heterocycles. The number of fused-ring (bicyclic) bond motifs is 1. The predicted molar refractivity (Wildman–Crippen MR) is 122 cm³/mol. The third-order valence-electron chi connectivity index (χ3n) is 5.38. The normalized spacial score (nSPS) is 12.1. The number of halogens is 7. The molecule has 0 aliphatic carbocycles. The molecule has 0 saturated carbocycles. The van der Waals surface area contributed by atoms with E-state index in [-0.39, 0.29) is 34.8 Å². The highest BCUT2D eigenvalue weighted by atomic mass is 19.4. The summed E-state index contributed by atoms with van der Waals surface area (Å²) in [5.74, 6) is -1.86. The van der Waals surface area contributed by atoms with Crippen LogP contribution in [0.3, 0.4) is 0 Å². The van der Waals surface area contributed by atoms with E-state index < -0.39 is 35.2 Å². The molecular formula is C24H18F7N5O. The second kappa shape index (κ2) is 9.37. The van der Waals surface area contributed by atoms with Gasteiger partial charge in [-0.15, -0.1) is 0 Å². The minimum atomic E-state index is -4.77. The smallest absolute Gasteiger partial charge is 0.362 e. The molecule has 0 unspecified atom stereocenters. The first-order valence-electron chi connectivity index (χ1n) is 10.6. The van der Waals surface area contributed by atoms with Gasteiger partial charge in [-0.25, -0.2) is 14.4 Å². The molecule has 0 atom stereocenters.